The van der Waals surface area contributed by atoms with Crippen LogP contribution in [-0.4, -0.2) is 48.8 Å². The summed E-state index contributed by atoms with van der Waals surface area (Å²) >= 11 is 0. The van der Waals surface area contributed by atoms with Crippen molar-refractivity contribution in [3.05, 3.63) is 0 Å². The van der Waals surface area contributed by atoms with Crippen molar-refractivity contribution in [2.45, 2.75) is 52.2 Å². The molecule has 0 aromatic rings. The highest BCUT2D eigenvalue weighted by atomic mass is 16.3. The first-order valence-electron chi connectivity index (χ1n) is 6.22. The van der Waals surface area contributed by atoms with Crippen molar-refractivity contribution in [2.24, 2.45) is 0 Å². The van der Waals surface area contributed by atoms with Crippen molar-refractivity contribution in [3.8, 4) is 0 Å². The number of hydrogen-bond acceptors (Lipinski definition) is 3. The Kier molecular flexibility index (Phi) is 9.06. The Balaban J connectivity index is 3.98. The topological polar surface area (TPSA) is 35.5 Å². The van der Waals surface area contributed by atoms with E-state index in [4.69, 9.17) is 0 Å². The van der Waals surface area contributed by atoms with Crippen LogP contribution < -0.4 is 5.32 Å². The average molecular weight is 216 g/mol. The predicted molar refractivity (Wildman–Crippen MR) is 66.2 cm³/mol. The fourth-order valence-electron chi connectivity index (χ4n) is 1.68. The molecule has 0 aromatic carbocycles. The first-order chi connectivity index (χ1) is 7.15. The number of hydrogen-bond donors (Lipinski definition) is 2. The molecule has 0 fully saturated rings. The molecule has 0 saturated carbocycles. The highest BCUT2D eigenvalue weighted by molar-refractivity contribution is 4.71. The van der Waals surface area contributed by atoms with E-state index in [0.717, 1.165) is 19.5 Å². The minimum absolute atomic E-state index is 0.249. The van der Waals surface area contributed by atoms with Crippen LogP contribution in [0, 0.1) is 0 Å². The molecule has 15 heavy (non-hydrogen) atoms. The summed E-state index contributed by atoms with van der Waals surface area (Å²) in [5.41, 5.74) is 0. The Bertz CT molecular complexity index is 142. The van der Waals surface area contributed by atoms with Crippen LogP contribution >= 0.6 is 0 Å². The molecule has 0 aromatic heterocycles. The van der Waals surface area contributed by atoms with Crippen molar-refractivity contribution in [1.82, 2.24) is 10.2 Å². The summed E-state index contributed by atoms with van der Waals surface area (Å²) in [6, 6.07) is 0.572. The predicted octanol–water partition coefficient (Wildman–Crippen LogP) is 1.47. The zero-order valence-electron chi connectivity index (χ0n) is 10.8. The van der Waals surface area contributed by atoms with Gasteiger partial charge in [-0.15, -0.1) is 0 Å². The minimum atomic E-state index is -0.249. The van der Waals surface area contributed by atoms with Gasteiger partial charge >= 0.3 is 0 Å². The van der Waals surface area contributed by atoms with E-state index in [0.29, 0.717) is 12.6 Å². The van der Waals surface area contributed by atoms with Crippen molar-refractivity contribution in [2.75, 3.05) is 26.7 Å². The van der Waals surface area contributed by atoms with Gasteiger partial charge in [0.1, 0.15) is 0 Å². The van der Waals surface area contributed by atoms with Gasteiger partial charge in [-0.05, 0) is 33.4 Å². The molecule has 0 aliphatic carbocycles. The van der Waals surface area contributed by atoms with Gasteiger partial charge in [0, 0.05) is 19.1 Å². The summed E-state index contributed by atoms with van der Waals surface area (Å²) in [5.74, 6) is 0. The first kappa shape index (κ1) is 14.9. The molecule has 0 saturated heterocycles. The Morgan fingerprint density at radius 1 is 1.33 bits per heavy atom. The molecule has 3 heteroatoms. The van der Waals surface area contributed by atoms with E-state index in [1.807, 2.05) is 7.05 Å². The van der Waals surface area contributed by atoms with E-state index < -0.39 is 0 Å². The van der Waals surface area contributed by atoms with E-state index >= 15 is 0 Å². The maximum atomic E-state index is 9.76. The van der Waals surface area contributed by atoms with E-state index in [9.17, 15) is 5.11 Å². The zero-order valence-corrected chi connectivity index (χ0v) is 10.8. The lowest BCUT2D eigenvalue weighted by atomic mass is 10.1. The van der Waals surface area contributed by atoms with Crippen molar-refractivity contribution in [1.29, 1.82) is 0 Å². The second-order valence-corrected chi connectivity index (χ2v) is 4.32. The van der Waals surface area contributed by atoms with E-state index in [1.54, 1.807) is 0 Å². The number of likely N-dealkylation sites (N-methyl/N-ethyl adjacent to an activating group) is 1. The molecule has 0 heterocycles. The molecule has 0 aliphatic rings. The van der Waals surface area contributed by atoms with Crippen molar-refractivity contribution in [3.63, 3.8) is 0 Å². The van der Waals surface area contributed by atoms with Crippen LogP contribution in [0.15, 0.2) is 0 Å². The second kappa shape index (κ2) is 9.13. The smallest absolute Gasteiger partial charge is 0.0791 e. The van der Waals surface area contributed by atoms with Gasteiger partial charge in [-0.1, -0.05) is 20.3 Å². The molecule has 0 radical (unpaired) electrons. The number of rotatable bonds is 9. The third-order valence-corrected chi connectivity index (χ3v) is 2.90. The molecule has 0 bridgehead atoms. The fourth-order valence-corrected chi connectivity index (χ4v) is 1.68. The molecule has 2 unspecified atom stereocenters. The van der Waals surface area contributed by atoms with Gasteiger partial charge in [0.05, 0.1) is 6.10 Å². The Morgan fingerprint density at radius 2 is 2.00 bits per heavy atom. The van der Waals surface area contributed by atoms with Crippen LogP contribution in [0.5, 0.6) is 0 Å². The molecule has 0 rings (SSSR count). The Labute approximate surface area is 94.9 Å². The summed E-state index contributed by atoms with van der Waals surface area (Å²) in [5, 5.41) is 12.8. The molecule has 2 atom stereocenters. The number of aliphatic hydroxyl groups excluding tert-OH is 1. The maximum absolute atomic E-state index is 9.76. The third-order valence-electron chi connectivity index (χ3n) is 2.90. The lowest BCUT2D eigenvalue weighted by Crippen LogP contribution is -2.42. The summed E-state index contributed by atoms with van der Waals surface area (Å²) < 4.78 is 0. The SMILES string of the molecule is CCCCN(CC(O)CNC)C(C)CC. The largest absolute Gasteiger partial charge is 0.390 e. The molecular formula is C12H28N2O. The van der Waals surface area contributed by atoms with E-state index in [2.05, 4.69) is 31.0 Å². The van der Waals surface area contributed by atoms with Crippen LogP contribution in [0.4, 0.5) is 0 Å². The second-order valence-electron chi connectivity index (χ2n) is 4.32. The van der Waals surface area contributed by atoms with Gasteiger partial charge in [-0.25, -0.2) is 0 Å². The number of aliphatic hydroxyl groups is 1. The van der Waals surface area contributed by atoms with Crippen molar-refractivity contribution >= 4 is 0 Å². The Hall–Kier alpha value is -0.120. The van der Waals surface area contributed by atoms with E-state index in [1.165, 1.54) is 12.8 Å². The summed E-state index contributed by atoms with van der Waals surface area (Å²) in [6.45, 7) is 9.22. The van der Waals surface area contributed by atoms with Gasteiger partial charge in [0.25, 0.3) is 0 Å². The molecule has 0 spiro atoms. The number of unbranched alkanes of at least 4 members (excludes halogenated alkanes) is 1. The summed E-state index contributed by atoms with van der Waals surface area (Å²) in [7, 11) is 1.88. The van der Waals surface area contributed by atoms with Crippen LogP contribution in [0.3, 0.4) is 0 Å². The van der Waals surface area contributed by atoms with Gasteiger partial charge < -0.3 is 10.4 Å². The average Bonchev–Trinajstić information content (AvgIpc) is 2.23. The lowest BCUT2D eigenvalue weighted by molar-refractivity contribution is 0.0894. The normalized spacial score (nSPS) is 15.6. The summed E-state index contributed by atoms with van der Waals surface area (Å²) in [4.78, 5) is 2.39. The molecule has 0 aliphatic heterocycles. The van der Waals surface area contributed by atoms with E-state index in [-0.39, 0.29) is 6.10 Å². The first-order valence-corrected chi connectivity index (χ1v) is 6.22. The van der Waals surface area contributed by atoms with Gasteiger partial charge in [0.2, 0.25) is 0 Å². The van der Waals surface area contributed by atoms with Crippen LogP contribution in [0.25, 0.3) is 0 Å². The monoisotopic (exact) mass is 216 g/mol. The quantitative estimate of drug-likeness (QED) is 0.612. The third kappa shape index (κ3) is 6.88. The molecule has 0 amide bonds. The maximum Gasteiger partial charge on any atom is 0.0791 e. The van der Waals surface area contributed by atoms with Crippen LogP contribution in [-0.2, 0) is 0 Å². The minimum Gasteiger partial charge on any atom is -0.390 e. The van der Waals surface area contributed by atoms with Gasteiger partial charge in [-0.2, -0.15) is 0 Å². The Morgan fingerprint density at radius 3 is 2.47 bits per heavy atom. The molecular weight excluding hydrogens is 188 g/mol. The zero-order chi connectivity index (χ0) is 11.7. The summed E-state index contributed by atoms with van der Waals surface area (Å²) in [6.07, 6.45) is 3.34. The van der Waals surface area contributed by atoms with Gasteiger partial charge in [-0.3, -0.25) is 4.90 Å². The lowest BCUT2D eigenvalue weighted by Gasteiger charge is -2.30. The standard InChI is InChI=1S/C12H28N2O/c1-5-7-8-14(11(3)6-2)10-12(15)9-13-4/h11-13,15H,5-10H2,1-4H3. The van der Waals surface area contributed by atoms with Crippen LogP contribution in [0.2, 0.25) is 0 Å². The molecule has 92 valence electrons. The number of nitrogens with zero attached hydrogens (tertiary/aromatic N) is 1. The highest BCUT2D eigenvalue weighted by Crippen LogP contribution is 2.06. The highest BCUT2D eigenvalue weighted by Gasteiger charge is 2.15. The molecule has 3 nitrogen and oxygen atoms in total. The van der Waals surface area contributed by atoms with Crippen LogP contribution in [0.1, 0.15) is 40.0 Å². The molecule has 2 N–H and O–H groups in total. The van der Waals surface area contributed by atoms with Crippen molar-refractivity contribution < 1.29 is 5.11 Å². The number of nitrogens with one attached hydrogen (secondary N) is 1. The van der Waals surface area contributed by atoms with Gasteiger partial charge in [0.15, 0.2) is 0 Å². The fraction of sp³-hybridized carbons (Fsp3) is 1.00.